The highest BCUT2D eigenvalue weighted by Gasteiger charge is 2.27. The number of amides is 2. The first-order chi connectivity index (χ1) is 9.00. The first-order valence-electron chi connectivity index (χ1n) is 6.95. The number of nitrogens with one attached hydrogen (secondary N) is 1. The van der Waals surface area contributed by atoms with Crippen molar-refractivity contribution in [1.29, 1.82) is 0 Å². The van der Waals surface area contributed by atoms with Crippen LogP contribution in [0.2, 0.25) is 0 Å². The van der Waals surface area contributed by atoms with Crippen LogP contribution in [0.15, 0.2) is 0 Å². The summed E-state index contributed by atoms with van der Waals surface area (Å²) in [5, 5.41) is 20.7. The van der Waals surface area contributed by atoms with Gasteiger partial charge in [-0.1, -0.05) is 0 Å². The summed E-state index contributed by atoms with van der Waals surface area (Å²) in [6.07, 6.45) is 3.69. The average Bonchev–Trinajstić information content (AvgIpc) is 2.34. The molecule has 1 fully saturated rings. The van der Waals surface area contributed by atoms with Gasteiger partial charge in [-0.05, 0) is 39.0 Å². The predicted molar refractivity (Wildman–Crippen MR) is 70.9 cm³/mol. The molecule has 0 aromatic carbocycles. The molecule has 1 aliphatic heterocycles. The van der Waals surface area contributed by atoms with Crippen LogP contribution in [0.5, 0.6) is 0 Å². The number of nitrogens with zero attached hydrogens (tertiary/aromatic N) is 1. The Balaban J connectivity index is 2.36. The summed E-state index contributed by atoms with van der Waals surface area (Å²) in [6.45, 7) is 2.82. The van der Waals surface area contributed by atoms with Crippen molar-refractivity contribution < 1.29 is 19.8 Å². The maximum atomic E-state index is 12.0. The maximum Gasteiger partial charge on any atom is 0.317 e. The van der Waals surface area contributed by atoms with Crippen LogP contribution in [-0.4, -0.2) is 52.3 Å². The zero-order chi connectivity index (χ0) is 14.3. The largest absolute Gasteiger partial charge is 0.481 e. The fourth-order valence-corrected chi connectivity index (χ4v) is 2.44. The number of likely N-dealkylation sites (tertiary alicyclic amines) is 1. The number of aliphatic carboxylic acids is 1. The molecule has 0 radical (unpaired) electrons. The Hall–Kier alpha value is -1.30. The van der Waals surface area contributed by atoms with E-state index < -0.39 is 12.1 Å². The van der Waals surface area contributed by atoms with E-state index in [1.165, 1.54) is 0 Å². The molecule has 110 valence electrons. The van der Waals surface area contributed by atoms with E-state index in [4.69, 9.17) is 5.11 Å². The molecule has 0 aromatic heterocycles. The van der Waals surface area contributed by atoms with Gasteiger partial charge in [0.2, 0.25) is 0 Å². The zero-order valence-electron chi connectivity index (χ0n) is 11.5. The van der Waals surface area contributed by atoms with Crippen LogP contribution in [0.25, 0.3) is 0 Å². The minimum absolute atomic E-state index is 0.0668. The van der Waals surface area contributed by atoms with E-state index in [0.717, 1.165) is 19.3 Å². The lowest BCUT2D eigenvalue weighted by Crippen LogP contribution is -2.49. The van der Waals surface area contributed by atoms with Crippen molar-refractivity contribution >= 4 is 12.0 Å². The highest BCUT2D eigenvalue weighted by molar-refractivity contribution is 5.74. The van der Waals surface area contributed by atoms with Gasteiger partial charge in [-0.25, -0.2) is 4.79 Å². The number of hydrogen-bond acceptors (Lipinski definition) is 3. The zero-order valence-corrected chi connectivity index (χ0v) is 11.5. The van der Waals surface area contributed by atoms with Gasteiger partial charge in [0, 0.05) is 25.6 Å². The number of rotatable bonds is 6. The molecule has 3 N–H and O–H groups in total. The van der Waals surface area contributed by atoms with Crippen molar-refractivity contribution in [1.82, 2.24) is 10.2 Å². The lowest BCUT2D eigenvalue weighted by Gasteiger charge is -2.36. The van der Waals surface area contributed by atoms with Crippen molar-refractivity contribution in [3.8, 4) is 0 Å². The van der Waals surface area contributed by atoms with Crippen molar-refractivity contribution in [3.05, 3.63) is 0 Å². The number of carbonyl (C=O) groups excluding carboxylic acids is 1. The van der Waals surface area contributed by atoms with Crippen LogP contribution in [0.1, 0.15) is 45.4 Å². The van der Waals surface area contributed by atoms with Gasteiger partial charge in [0.05, 0.1) is 6.10 Å². The van der Waals surface area contributed by atoms with Gasteiger partial charge in [0.15, 0.2) is 0 Å². The molecular formula is C13H24N2O4. The SMILES string of the molecule is CC(O)CC1CCCCN1C(=O)NCCCC(=O)O. The van der Waals surface area contributed by atoms with Crippen LogP contribution in [0.3, 0.4) is 0 Å². The maximum absolute atomic E-state index is 12.0. The lowest BCUT2D eigenvalue weighted by molar-refractivity contribution is -0.137. The van der Waals surface area contributed by atoms with E-state index in [0.29, 0.717) is 25.9 Å². The molecule has 2 unspecified atom stereocenters. The first-order valence-corrected chi connectivity index (χ1v) is 6.95. The Morgan fingerprint density at radius 2 is 2.16 bits per heavy atom. The molecule has 0 saturated carbocycles. The predicted octanol–water partition coefficient (Wildman–Crippen LogP) is 1.19. The Morgan fingerprint density at radius 3 is 2.79 bits per heavy atom. The van der Waals surface area contributed by atoms with E-state index in [2.05, 4.69) is 5.32 Å². The second-order valence-corrected chi connectivity index (χ2v) is 5.16. The molecule has 2 atom stereocenters. The number of carboxylic acid groups (broad SMARTS) is 1. The number of piperidine rings is 1. The van der Waals surface area contributed by atoms with Gasteiger partial charge in [-0.15, -0.1) is 0 Å². The molecule has 6 nitrogen and oxygen atoms in total. The highest BCUT2D eigenvalue weighted by atomic mass is 16.4. The van der Waals surface area contributed by atoms with E-state index in [9.17, 15) is 14.7 Å². The quantitative estimate of drug-likeness (QED) is 0.633. The Morgan fingerprint density at radius 1 is 1.42 bits per heavy atom. The fraction of sp³-hybridized carbons (Fsp3) is 0.846. The third-order valence-corrected chi connectivity index (χ3v) is 3.34. The molecule has 6 heteroatoms. The summed E-state index contributed by atoms with van der Waals surface area (Å²) in [7, 11) is 0. The second-order valence-electron chi connectivity index (χ2n) is 5.16. The molecule has 1 saturated heterocycles. The van der Waals surface area contributed by atoms with E-state index in [1.807, 2.05) is 0 Å². The minimum Gasteiger partial charge on any atom is -0.481 e. The summed E-state index contributed by atoms with van der Waals surface area (Å²) in [5.74, 6) is -0.848. The van der Waals surface area contributed by atoms with E-state index >= 15 is 0 Å². The number of carbonyl (C=O) groups is 2. The number of aliphatic hydroxyl groups is 1. The molecular weight excluding hydrogens is 248 g/mol. The molecule has 0 bridgehead atoms. The first kappa shape index (κ1) is 15.8. The van der Waals surface area contributed by atoms with Gasteiger partial charge in [-0.2, -0.15) is 0 Å². The van der Waals surface area contributed by atoms with Crippen molar-refractivity contribution in [2.24, 2.45) is 0 Å². The third kappa shape index (κ3) is 5.92. The molecule has 0 aromatic rings. The van der Waals surface area contributed by atoms with Crippen LogP contribution < -0.4 is 5.32 Å². The second kappa shape index (κ2) is 7.99. The van der Waals surface area contributed by atoms with Crippen LogP contribution in [0.4, 0.5) is 4.79 Å². The van der Waals surface area contributed by atoms with Gasteiger partial charge in [-0.3, -0.25) is 4.79 Å². The van der Waals surface area contributed by atoms with Gasteiger partial charge >= 0.3 is 12.0 Å². The Labute approximate surface area is 113 Å². The molecule has 19 heavy (non-hydrogen) atoms. The summed E-state index contributed by atoms with van der Waals surface area (Å²) < 4.78 is 0. The summed E-state index contributed by atoms with van der Waals surface area (Å²) in [6, 6.07) is -0.0519. The molecule has 1 rings (SSSR count). The number of carboxylic acids is 1. The van der Waals surface area contributed by atoms with Crippen molar-refractivity contribution in [2.75, 3.05) is 13.1 Å². The number of hydrogen-bond donors (Lipinski definition) is 3. The summed E-state index contributed by atoms with van der Waals surface area (Å²) in [4.78, 5) is 24.2. The number of urea groups is 1. The van der Waals surface area contributed by atoms with Gasteiger partial charge < -0.3 is 20.4 Å². The van der Waals surface area contributed by atoms with E-state index in [-0.39, 0.29) is 18.5 Å². The van der Waals surface area contributed by atoms with Gasteiger partial charge in [0.25, 0.3) is 0 Å². The standard InChI is InChI=1S/C13H24N2O4/c1-10(16)9-11-5-2-3-8-15(11)13(19)14-7-4-6-12(17)18/h10-11,16H,2-9H2,1H3,(H,14,19)(H,17,18). The average molecular weight is 272 g/mol. The van der Waals surface area contributed by atoms with Gasteiger partial charge in [0.1, 0.15) is 0 Å². The number of aliphatic hydroxyl groups excluding tert-OH is 1. The summed E-state index contributed by atoms with van der Waals surface area (Å²) in [5.41, 5.74) is 0. The summed E-state index contributed by atoms with van der Waals surface area (Å²) >= 11 is 0. The Kier molecular flexibility index (Phi) is 6.62. The third-order valence-electron chi connectivity index (χ3n) is 3.34. The Bertz CT molecular complexity index is 307. The topological polar surface area (TPSA) is 89.9 Å². The fourth-order valence-electron chi connectivity index (χ4n) is 2.44. The molecule has 0 spiro atoms. The molecule has 0 aliphatic carbocycles. The highest BCUT2D eigenvalue weighted by Crippen LogP contribution is 2.20. The van der Waals surface area contributed by atoms with Crippen LogP contribution in [-0.2, 0) is 4.79 Å². The van der Waals surface area contributed by atoms with Crippen LogP contribution >= 0.6 is 0 Å². The normalized spacial score (nSPS) is 20.9. The van der Waals surface area contributed by atoms with Crippen molar-refractivity contribution in [3.63, 3.8) is 0 Å². The monoisotopic (exact) mass is 272 g/mol. The van der Waals surface area contributed by atoms with Crippen molar-refractivity contribution in [2.45, 2.75) is 57.6 Å². The minimum atomic E-state index is -0.848. The lowest BCUT2D eigenvalue weighted by atomic mass is 9.98. The van der Waals surface area contributed by atoms with Crippen LogP contribution in [0, 0.1) is 0 Å². The van der Waals surface area contributed by atoms with E-state index in [1.54, 1.807) is 11.8 Å². The molecule has 1 heterocycles. The smallest absolute Gasteiger partial charge is 0.317 e. The molecule has 2 amide bonds. The molecule has 1 aliphatic rings.